The van der Waals surface area contributed by atoms with E-state index in [1.54, 1.807) is 18.2 Å². The van der Waals surface area contributed by atoms with Gasteiger partial charge in [0.2, 0.25) is 10.0 Å². The van der Waals surface area contributed by atoms with Crippen molar-refractivity contribution >= 4 is 25.7 Å². The molecule has 0 N–H and O–H groups in total. The van der Waals surface area contributed by atoms with Crippen LogP contribution in [0, 0.1) is 0 Å². The summed E-state index contributed by atoms with van der Waals surface area (Å²) in [5.41, 5.74) is 0.00493. The van der Waals surface area contributed by atoms with E-state index >= 15 is 0 Å². The van der Waals surface area contributed by atoms with Crippen LogP contribution < -0.4 is 9.04 Å². The Hall–Kier alpha value is -2.10. The number of benzene rings is 2. The Morgan fingerprint density at radius 1 is 0.897 bits per heavy atom. The van der Waals surface area contributed by atoms with Gasteiger partial charge in [0.05, 0.1) is 22.0 Å². The number of anilines is 1. The molecule has 4 rings (SSSR count). The summed E-state index contributed by atoms with van der Waals surface area (Å²) in [6, 6.07) is 12.5. The number of rotatable bonds is 4. The minimum Gasteiger partial charge on any atom is -0.483 e. The first-order valence-corrected chi connectivity index (χ1v) is 12.4. The van der Waals surface area contributed by atoms with E-state index in [0.717, 1.165) is 30.0 Å². The highest BCUT2D eigenvalue weighted by Crippen LogP contribution is 2.45. The van der Waals surface area contributed by atoms with Gasteiger partial charge in [-0.2, -0.15) is 0 Å². The molecule has 0 amide bonds. The molecule has 1 aliphatic heterocycles. The van der Waals surface area contributed by atoms with Gasteiger partial charge in [-0.1, -0.05) is 12.1 Å². The van der Waals surface area contributed by atoms with E-state index in [1.807, 2.05) is 6.07 Å². The molecular formula is C20H24N2O5S2. The van der Waals surface area contributed by atoms with Gasteiger partial charge in [-0.15, -0.1) is 0 Å². The van der Waals surface area contributed by atoms with Gasteiger partial charge in [0, 0.05) is 14.1 Å². The van der Waals surface area contributed by atoms with Crippen LogP contribution in [0.3, 0.4) is 0 Å². The number of fused-ring (bicyclic) bond motifs is 1. The van der Waals surface area contributed by atoms with Crippen LogP contribution in [0.1, 0.15) is 25.7 Å². The number of hydrogen-bond acceptors (Lipinski definition) is 5. The maximum atomic E-state index is 13.5. The molecule has 0 saturated heterocycles. The Morgan fingerprint density at radius 2 is 1.48 bits per heavy atom. The molecule has 1 saturated carbocycles. The minimum absolute atomic E-state index is 0.0519. The van der Waals surface area contributed by atoms with Crippen LogP contribution >= 0.6 is 0 Å². The van der Waals surface area contributed by atoms with Crippen molar-refractivity contribution in [3.63, 3.8) is 0 Å². The molecule has 9 heteroatoms. The molecule has 0 bridgehead atoms. The van der Waals surface area contributed by atoms with Crippen molar-refractivity contribution in [2.24, 2.45) is 0 Å². The fourth-order valence-electron chi connectivity index (χ4n) is 3.98. The van der Waals surface area contributed by atoms with Crippen LogP contribution in [0.5, 0.6) is 5.75 Å². The Morgan fingerprint density at radius 3 is 2.10 bits per heavy atom. The molecule has 0 radical (unpaired) electrons. The van der Waals surface area contributed by atoms with Crippen LogP contribution in [0.15, 0.2) is 58.3 Å². The number of hydrogen-bond donors (Lipinski definition) is 0. The molecule has 2 aliphatic rings. The zero-order chi connectivity index (χ0) is 20.9. The first kappa shape index (κ1) is 20.2. The third-order valence-corrected chi connectivity index (χ3v) is 9.20. The standard InChI is InChI=1S/C20H24N2O5S2/c1-21(2)28(23,24)16-9-11-17(12-10-16)29(25,26)22-15-20(13-5-6-14-20)27-19-8-4-3-7-18(19)22/h3-4,7-12H,5-6,13-15H2,1-2H3. The van der Waals surface area contributed by atoms with Crippen LogP contribution in [0.25, 0.3) is 0 Å². The molecule has 1 spiro atoms. The molecule has 2 aromatic carbocycles. The summed E-state index contributed by atoms with van der Waals surface area (Å²) in [5.74, 6) is 0.566. The van der Waals surface area contributed by atoms with Crippen molar-refractivity contribution in [3.05, 3.63) is 48.5 Å². The Labute approximate surface area is 172 Å². The second kappa shape index (κ2) is 7.00. The average molecular weight is 437 g/mol. The Bertz CT molecular complexity index is 1120. The quantitative estimate of drug-likeness (QED) is 0.736. The summed E-state index contributed by atoms with van der Waals surface area (Å²) < 4.78 is 60.3. The van der Waals surface area contributed by atoms with Crippen molar-refractivity contribution in [3.8, 4) is 5.75 Å². The molecule has 1 fully saturated rings. The summed E-state index contributed by atoms with van der Waals surface area (Å²) in [5, 5.41) is 0. The first-order valence-electron chi connectivity index (χ1n) is 9.49. The number of para-hydroxylation sites is 2. The molecule has 2 aromatic rings. The summed E-state index contributed by atoms with van der Waals surface area (Å²) in [4.78, 5) is 0.108. The Balaban J connectivity index is 1.75. The topological polar surface area (TPSA) is 84.0 Å². The third-order valence-electron chi connectivity index (χ3n) is 5.60. The molecule has 7 nitrogen and oxygen atoms in total. The highest BCUT2D eigenvalue weighted by Gasteiger charge is 2.45. The molecule has 0 aromatic heterocycles. The summed E-state index contributed by atoms with van der Waals surface area (Å²) in [6.07, 6.45) is 3.64. The molecule has 156 valence electrons. The Kier molecular flexibility index (Phi) is 4.87. The van der Waals surface area contributed by atoms with Gasteiger partial charge >= 0.3 is 0 Å². The second-order valence-electron chi connectivity index (χ2n) is 7.73. The highest BCUT2D eigenvalue weighted by atomic mass is 32.2. The molecule has 0 atom stereocenters. The third kappa shape index (κ3) is 3.41. The van der Waals surface area contributed by atoms with E-state index in [-0.39, 0.29) is 16.3 Å². The van der Waals surface area contributed by atoms with Crippen molar-refractivity contribution in [1.29, 1.82) is 0 Å². The molecule has 1 aliphatic carbocycles. The number of nitrogens with zero attached hydrogens (tertiary/aromatic N) is 2. The zero-order valence-electron chi connectivity index (χ0n) is 16.4. The van der Waals surface area contributed by atoms with Crippen LogP contribution in [0.4, 0.5) is 5.69 Å². The van der Waals surface area contributed by atoms with Gasteiger partial charge in [-0.3, -0.25) is 4.31 Å². The lowest BCUT2D eigenvalue weighted by molar-refractivity contribution is 0.0779. The van der Waals surface area contributed by atoms with Crippen LogP contribution in [0.2, 0.25) is 0 Å². The van der Waals surface area contributed by atoms with Gasteiger partial charge in [-0.05, 0) is 62.1 Å². The normalized spacial score (nSPS) is 18.7. The smallest absolute Gasteiger partial charge is 0.264 e. The zero-order valence-corrected chi connectivity index (χ0v) is 18.0. The average Bonchev–Trinajstić information content (AvgIpc) is 3.14. The maximum absolute atomic E-state index is 13.5. The van der Waals surface area contributed by atoms with Gasteiger partial charge in [-0.25, -0.2) is 21.1 Å². The van der Waals surface area contributed by atoms with E-state index in [1.165, 1.54) is 42.7 Å². The lowest BCUT2D eigenvalue weighted by Gasteiger charge is -2.42. The van der Waals surface area contributed by atoms with E-state index in [2.05, 4.69) is 0 Å². The molecule has 29 heavy (non-hydrogen) atoms. The summed E-state index contributed by atoms with van der Waals surface area (Å²) in [6.45, 7) is 0.254. The van der Waals surface area contributed by atoms with E-state index in [4.69, 9.17) is 4.74 Å². The van der Waals surface area contributed by atoms with Crippen LogP contribution in [-0.4, -0.2) is 47.4 Å². The molecule has 1 heterocycles. The van der Waals surface area contributed by atoms with E-state index in [0.29, 0.717) is 11.4 Å². The predicted molar refractivity (Wildman–Crippen MR) is 110 cm³/mol. The molecular weight excluding hydrogens is 412 g/mol. The van der Waals surface area contributed by atoms with Gasteiger partial charge < -0.3 is 4.74 Å². The first-order chi connectivity index (χ1) is 13.7. The molecule has 0 unspecified atom stereocenters. The maximum Gasteiger partial charge on any atom is 0.264 e. The lowest BCUT2D eigenvalue weighted by atomic mass is 10.00. The van der Waals surface area contributed by atoms with E-state index < -0.39 is 25.6 Å². The minimum atomic E-state index is -3.88. The van der Waals surface area contributed by atoms with Crippen molar-refractivity contribution < 1.29 is 21.6 Å². The largest absolute Gasteiger partial charge is 0.483 e. The summed E-state index contributed by atoms with van der Waals surface area (Å²) in [7, 11) is -4.63. The second-order valence-corrected chi connectivity index (χ2v) is 11.7. The lowest BCUT2D eigenvalue weighted by Crippen LogP contribution is -2.51. The van der Waals surface area contributed by atoms with Gasteiger partial charge in [0.15, 0.2) is 0 Å². The number of sulfonamides is 2. The van der Waals surface area contributed by atoms with Crippen molar-refractivity contribution in [1.82, 2.24) is 4.31 Å². The van der Waals surface area contributed by atoms with Crippen LogP contribution in [-0.2, 0) is 20.0 Å². The monoisotopic (exact) mass is 436 g/mol. The number of ether oxygens (including phenoxy) is 1. The van der Waals surface area contributed by atoms with Crippen molar-refractivity contribution in [2.75, 3.05) is 24.9 Å². The van der Waals surface area contributed by atoms with E-state index in [9.17, 15) is 16.8 Å². The van der Waals surface area contributed by atoms with Crippen molar-refractivity contribution in [2.45, 2.75) is 41.1 Å². The highest BCUT2D eigenvalue weighted by molar-refractivity contribution is 7.93. The predicted octanol–water partition coefficient (Wildman–Crippen LogP) is 2.84. The van der Waals surface area contributed by atoms with Gasteiger partial charge in [0.1, 0.15) is 11.4 Å². The van der Waals surface area contributed by atoms with Gasteiger partial charge in [0.25, 0.3) is 10.0 Å². The SMILES string of the molecule is CN(C)S(=O)(=O)c1ccc(S(=O)(=O)N2CC3(CCCC3)Oc3ccccc32)cc1. The fraction of sp³-hybridized carbons (Fsp3) is 0.400. The summed E-state index contributed by atoms with van der Waals surface area (Å²) >= 11 is 0. The fourth-order valence-corrected chi connectivity index (χ4v) is 6.43.